The number of anilines is 1. The summed E-state index contributed by atoms with van der Waals surface area (Å²) < 4.78 is 24.2. The molecule has 7 nitrogen and oxygen atoms in total. The van der Waals surface area contributed by atoms with Crippen LogP contribution in [0.15, 0.2) is 28.8 Å². The van der Waals surface area contributed by atoms with Gasteiger partial charge in [-0.2, -0.15) is 9.97 Å². The van der Waals surface area contributed by atoms with Crippen LogP contribution in [0.1, 0.15) is 28.4 Å². The van der Waals surface area contributed by atoms with Gasteiger partial charge in [-0.05, 0) is 39.8 Å². The fourth-order valence-electron chi connectivity index (χ4n) is 2.64. The topological polar surface area (TPSA) is 90.1 Å². The summed E-state index contributed by atoms with van der Waals surface area (Å²) in [4.78, 5) is 20.8. The second-order valence-corrected chi connectivity index (χ2v) is 6.11. The zero-order chi connectivity index (χ0) is 19.6. The van der Waals surface area contributed by atoms with E-state index in [-0.39, 0.29) is 24.1 Å². The minimum Gasteiger partial charge on any atom is -0.421 e. The molecule has 0 unspecified atom stereocenters. The van der Waals surface area contributed by atoms with Gasteiger partial charge in [0.1, 0.15) is 5.76 Å². The number of hydrogen-bond donors (Lipinski definition) is 1. The highest BCUT2D eigenvalue weighted by atomic mass is 19.1. The first-order chi connectivity index (χ1) is 12.8. The fraction of sp³-hybridized carbons (Fsp3) is 0.263. The van der Waals surface area contributed by atoms with Crippen LogP contribution >= 0.6 is 0 Å². The first kappa shape index (κ1) is 18.5. The first-order valence-corrected chi connectivity index (χ1v) is 8.34. The summed E-state index contributed by atoms with van der Waals surface area (Å²) in [6.07, 6.45) is 0.132. The maximum Gasteiger partial charge on any atom is 0.322 e. The lowest BCUT2D eigenvalue weighted by Gasteiger charge is -2.12. The number of aromatic nitrogens is 3. The second kappa shape index (κ2) is 7.53. The summed E-state index contributed by atoms with van der Waals surface area (Å²) in [5, 5.41) is 6.65. The Morgan fingerprint density at radius 2 is 1.78 bits per heavy atom. The highest BCUT2D eigenvalue weighted by Crippen LogP contribution is 2.25. The molecule has 0 bridgehead atoms. The lowest BCUT2D eigenvalue weighted by Crippen LogP contribution is -2.18. The molecule has 1 N–H and O–H groups in total. The number of para-hydroxylation sites is 1. The average molecular weight is 370 g/mol. The number of amides is 1. The summed E-state index contributed by atoms with van der Waals surface area (Å²) in [5.41, 5.74) is 2.96. The Hall–Kier alpha value is -3.29. The molecule has 140 valence electrons. The number of halogens is 1. The van der Waals surface area contributed by atoms with Crippen molar-refractivity contribution in [2.24, 2.45) is 0 Å². The van der Waals surface area contributed by atoms with Gasteiger partial charge in [0.15, 0.2) is 11.6 Å². The van der Waals surface area contributed by atoms with E-state index in [9.17, 15) is 9.18 Å². The number of aryl methyl sites for hydroxylation is 4. The second-order valence-electron chi connectivity index (χ2n) is 6.11. The summed E-state index contributed by atoms with van der Waals surface area (Å²) in [6, 6.07) is 6.01. The Bertz CT molecular complexity index is 958. The van der Waals surface area contributed by atoms with E-state index in [0.717, 1.165) is 5.56 Å². The number of carbonyl (C=O) groups excluding carboxylic acids is 1. The van der Waals surface area contributed by atoms with Crippen molar-refractivity contribution in [2.45, 2.75) is 34.1 Å². The highest BCUT2D eigenvalue weighted by molar-refractivity contribution is 5.93. The lowest BCUT2D eigenvalue weighted by atomic mass is 10.1. The van der Waals surface area contributed by atoms with Crippen LogP contribution < -0.4 is 10.1 Å². The van der Waals surface area contributed by atoms with Crippen molar-refractivity contribution in [2.75, 3.05) is 5.32 Å². The molecule has 2 aromatic heterocycles. The first-order valence-electron chi connectivity index (χ1n) is 8.34. The SMILES string of the molecule is Cc1noc(C)c1CC(=O)Nc1c(C)nc(Oc2ccccc2F)nc1C. The summed E-state index contributed by atoms with van der Waals surface area (Å²) in [6.45, 7) is 6.98. The van der Waals surface area contributed by atoms with Crippen LogP contribution in [-0.4, -0.2) is 21.0 Å². The van der Waals surface area contributed by atoms with Gasteiger partial charge in [-0.1, -0.05) is 17.3 Å². The van der Waals surface area contributed by atoms with Gasteiger partial charge >= 0.3 is 6.01 Å². The third-order valence-electron chi connectivity index (χ3n) is 4.07. The van der Waals surface area contributed by atoms with E-state index in [1.165, 1.54) is 12.1 Å². The average Bonchev–Trinajstić information content (AvgIpc) is 2.92. The van der Waals surface area contributed by atoms with Gasteiger partial charge in [-0.15, -0.1) is 0 Å². The van der Waals surface area contributed by atoms with Crippen molar-refractivity contribution in [3.8, 4) is 11.8 Å². The third-order valence-corrected chi connectivity index (χ3v) is 4.07. The molecule has 0 aliphatic rings. The van der Waals surface area contributed by atoms with Crippen LogP contribution in [0, 0.1) is 33.5 Å². The Kier molecular flexibility index (Phi) is 5.16. The quantitative estimate of drug-likeness (QED) is 0.734. The van der Waals surface area contributed by atoms with E-state index in [0.29, 0.717) is 28.5 Å². The molecule has 0 saturated heterocycles. The molecule has 0 aliphatic carbocycles. The zero-order valence-corrected chi connectivity index (χ0v) is 15.5. The summed E-state index contributed by atoms with van der Waals surface area (Å²) in [5.74, 6) is -0.0947. The van der Waals surface area contributed by atoms with Gasteiger partial charge < -0.3 is 14.6 Å². The maximum atomic E-state index is 13.7. The lowest BCUT2D eigenvalue weighted by molar-refractivity contribution is -0.115. The molecule has 0 atom stereocenters. The van der Waals surface area contributed by atoms with E-state index >= 15 is 0 Å². The number of benzene rings is 1. The van der Waals surface area contributed by atoms with E-state index in [4.69, 9.17) is 9.26 Å². The summed E-state index contributed by atoms with van der Waals surface area (Å²) in [7, 11) is 0. The van der Waals surface area contributed by atoms with Crippen molar-refractivity contribution >= 4 is 11.6 Å². The van der Waals surface area contributed by atoms with Gasteiger partial charge in [0.25, 0.3) is 0 Å². The molecular weight excluding hydrogens is 351 g/mol. The van der Waals surface area contributed by atoms with Crippen LogP contribution in [0.5, 0.6) is 11.8 Å². The molecule has 0 radical (unpaired) electrons. The van der Waals surface area contributed by atoms with E-state index in [1.807, 2.05) is 0 Å². The van der Waals surface area contributed by atoms with Crippen molar-refractivity contribution in [3.05, 3.63) is 58.5 Å². The molecule has 3 aromatic rings. The van der Waals surface area contributed by atoms with Gasteiger partial charge in [0.2, 0.25) is 5.91 Å². The normalized spacial score (nSPS) is 10.7. The van der Waals surface area contributed by atoms with Crippen molar-refractivity contribution < 1.29 is 18.4 Å². The Morgan fingerprint density at radius 1 is 1.11 bits per heavy atom. The molecule has 0 fully saturated rings. The predicted octanol–water partition coefficient (Wildman–Crippen LogP) is 3.81. The Morgan fingerprint density at radius 3 is 2.37 bits per heavy atom. The molecule has 1 amide bonds. The van der Waals surface area contributed by atoms with Crippen LogP contribution in [-0.2, 0) is 11.2 Å². The Balaban J connectivity index is 1.77. The number of nitrogens with one attached hydrogen (secondary N) is 1. The minimum atomic E-state index is -0.506. The van der Waals surface area contributed by atoms with Gasteiger partial charge in [0.05, 0.1) is 29.2 Å². The van der Waals surface area contributed by atoms with Crippen LogP contribution in [0.3, 0.4) is 0 Å². The molecular formula is C19H19FN4O3. The molecule has 2 heterocycles. The van der Waals surface area contributed by atoms with Gasteiger partial charge in [-0.3, -0.25) is 4.79 Å². The number of hydrogen-bond acceptors (Lipinski definition) is 6. The molecule has 1 aromatic carbocycles. The number of ether oxygens (including phenoxy) is 1. The minimum absolute atomic E-state index is 0.0128. The number of nitrogens with zero attached hydrogens (tertiary/aromatic N) is 3. The fourth-order valence-corrected chi connectivity index (χ4v) is 2.64. The molecule has 27 heavy (non-hydrogen) atoms. The van der Waals surface area contributed by atoms with E-state index < -0.39 is 5.82 Å². The van der Waals surface area contributed by atoms with Crippen molar-refractivity contribution in [1.29, 1.82) is 0 Å². The van der Waals surface area contributed by atoms with Crippen LogP contribution in [0.2, 0.25) is 0 Å². The molecule has 8 heteroatoms. The molecule has 0 saturated carbocycles. The maximum absolute atomic E-state index is 13.7. The van der Waals surface area contributed by atoms with Crippen LogP contribution in [0.25, 0.3) is 0 Å². The summed E-state index contributed by atoms with van der Waals surface area (Å²) >= 11 is 0. The monoisotopic (exact) mass is 370 g/mol. The molecule has 3 rings (SSSR count). The highest BCUT2D eigenvalue weighted by Gasteiger charge is 2.17. The van der Waals surface area contributed by atoms with E-state index in [1.54, 1.807) is 39.8 Å². The van der Waals surface area contributed by atoms with Crippen molar-refractivity contribution in [3.63, 3.8) is 0 Å². The third kappa shape index (κ3) is 4.11. The standard InChI is InChI=1S/C19H19FN4O3/c1-10-14(13(4)27-24-10)9-17(25)23-18-11(2)21-19(22-12(18)3)26-16-8-6-5-7-15(16)20/h5-8H,9H2,1-4H3,(H,23,25). The molecule has 0 spiro atoms. The van der Waals surface area contributed by atoms with Crippen LogP contribution in [0.4, 0.5) is 10.1 Å². The van der Waals surface area contributed by atoms with Gasteiger partial charge in [-0.25, -0.2) is 4.39 Å². The molecule has 0 aliphatic heterocycles. The number of rotatable bonds is 5. The Labute approximate surface area is 155 Å². The largest absolute Gasteiger partial charge is 0.421 e. The van der Waals surface area contributed by atoms with Gasteiger partial charge in [0, 0.05) is 5.56 Å². The zero-order valence-electron chi connectivity index (χ0n) is 15.5. The predicted molar refractivity (Wildman–Crippen MR) is 96.3 cm³/mol. The van der Waals surface area contributed by atoms with Crippen molar-refractivity contribution in [1.82, 2.24) is 15.1 Å². The number of carbonyl (C=O) groups is 1. The van der Waals surface area contributed by atoms with E-state index in [2.05, 4.69) is 20.4 Å². The smallest absolute Gasteiger partial charge is 0.322 e.